The molecule has 8 heavy (non-hydrogen) atoms. The van der Waals surface area contributed by atoms with Crippen LogP contribution in [0.1, 0.15) is 6.42 Å². The van der Waals surface area contributed by atoms with E-state index in [0.717, 1.165) is 13.0 Å². The predicted molar refractivity (Wildman–Crippen MR) is 26.9 cm³/mol. The molecule has 1 N–H and O–H groups in total. The van der Waals surface area contributed by atoms with Crippen LogP contribution in [0.4, 0.5) is 0 Å². The third kappa shape index (κ3) is 1.23. The SMILES string of the molecule is O=[P+]([O-])N1CCCN1. The molecule has 0 bridgehead atoms. The minimum Gasteiger partial charge on any atom is -0.577 e. The zero-order valence-electron chi connectivity index (χ0n) is 4.33. The van der Waals surface area contributed by atoms with Crippen molar-refractivity contribution in [2.45, 2.75) is 6.42 Å². The summed E-state index contributed by atoms with van der Waals surface area (Å²) in [5.74, 6) is 0. The molecular weight excluding hydrogens is 127 g/mol. The normalized spacial score (nSPS) is 23.9. The molecule has 0 aromatic rings. The van der Waals surface area contributed by atoms with Gasteiger partial charge in [0.15, 0.2) is 0 Å². The van der Waals surface area contributed by atoms with E-state index < -0.39 is 8.18 Å². The topological polar surface area (TPSA) is 55.4 Å². The number of rotatable bonds is 1. The first-order valence-corrected chi connectivity index (χ1v) is 3.59. The Morgan fingerprint density at radius 1 is 1.75 bits per heavy atom. The Morgan fingerprint density at radius 2 is 2.50 bits per heavy atom. The molecule has 5 heteroatoms. The van der Waals surface area contributed by atoms with Crippen molar-refractivity contribution in [2.24, 2.45) is 0 Å². The Bertz CT molecular complexity index is 101. The van der Waals surface area contributed by atoms with E-state index in [1.165, 1.54) is 4.78 Å². The minimum atomic E-state index is -2.38. The average molecular weight is 134 g/mol. The number of nitrogens with zero attached hydrogens (tertiary/aromatic N) is 1. The molecule has 0 spiro atoms. The zero-order valence-corrected chi connectivity index (χ0v) is 5.23. The molecule has 1 rings (SSSR count). The van der Waals surface area contributed by atoms with Gasteiger partial charge in [-0.3, -0.25) is 0 Å². The van der Waals surface area contributed by atoms with Crippen LogP contribution in [0.15, 0.2) is 0 Å². The summed E-state index contributed by atoms with van der Waals surface area (Å²) in [6, 6.07) is 0. The molecule has 46 valence electrons. The maximum absolute atomic E-state index is 10.1. The van der Waals surface area contributed by atoms with E-state index in [0.29, 0.717) is 6.54 Å². The molecule has 0 aromatic carbocycles. The Hall–Kier alpha value is -0.0200. The lowest BCUT2D eigenvalue weighted by Crippen LogP contribution is -2.26. The van der Waals surface area contributed by atoms with Gasteiger partial charge in [0.05, 0.1) is 6.54 Å². The van der Waals surface area contributed by atoms with Crippen molar-refractivity contribution in [1.29, 1.82) is 0 Å². The van der Waals surface area contributed by atoms with Gasteiger partial charge in [-0.15, -0.1) is 0 Å². The quantitative estimate of drug-likeness (QED) is 0.477. The molecule has 1 saturated heterocycles. The van der Waals surface area contributed by atoms with Gasteiger partial charge in [-0.05, 0) is 11.2 Å². The van der Waals surface area contributed by atoms with Crippen molar-refractivity contribution < 1.29 is 9.46 Å². The highest BCUT2D eigenvalue weighted by Crippen LogP contribution is 2.15. The summed E-state index contributed by atoms with van der Waals surface area (Å²) in [6.07, 6.45) is 0.920. The lowest BCUT2D eigenvalue weighted by molar-refractivity contribution is -0.176. The van der Waals surface area contributed by atoms with E-state index >= 15 is 0 Å². The van der Waals surface area contributed by atoms with Gasteiger partial charge in [0.1, 0.15) is 0 Å². The summed E-state index contributed by atoms with van der Waals surface area (Å²) < 4.78 is 11.3. The fourth-order valence-corrected chi connectivity index (χ4v) is 1.18. The van der Waals surface area contributed by atoms with E-state index in [1.807, 2.05) is 0 Å². The smallest absolute Gasteiger partial charge is 0.426 e. The molecule has 1 aliphatic rings. The van der Waals surface area contributed by atoms with Gasteiger partial charge in [0.25, 0.3) is 0 Å². The van der Waals surface area contributed by atoms with Crippen molar-refractivity contribution in [3.05, 3.63) is 0 Å². The van der Waals surface area contributed by atoms with Gasteiger partial charge < -0.3 is 4.89 Å². The van der Waals surface area contributed by atoms with E-state index in [2.05, 4.69) is 5.43 Å². The van der Waals surface area contributed by atoms with Crippen molar-refractivity contribution >= 4 is 8.18 Å². The lowest BCUT2D eigenvalue weighted by Gasteiger charge is -1.99. The maximum atomic E-state index is 10.1. The summed E-state index contributed by atoms with van der Waals surface area (Å²) in [5.41, 5.74) is 2.69. The average Bonchev–Trinajstić information content (AvgIpc) is 2.12. The zero-order chi connectivity index (χ0) is 5.98. The second-order valence-electron chi connectivity index (χ2n) is 1.62. The first-order chi connectivity index (χ1) is 3.80. The van der Waals surface area contributed by atoms with Gasteiger partial charge in [-0.25, -0.2) is 5.43 Å². The molecule has 1 unspecified atom stereocenters. The first-order valence-electron chi connectivity index (χ1n) is 2.46. The summed E-state index contributed by atoms with van der Waals surface area (Å²) in [5, 5.41) is 0. The van der Waals surface area contributed by atoms with Crippen LogP contribution < -0.4 is 10.3 Å². The monoisotopic (exact) mass is 134 g/mol. The van der Waals surface area contributed by atoms with Crippen LogP contribution in [-0.4, -0.2) is 17.9 Å². The van der Waals surface area contributed by atoms with Crippen LogP contribution in [0.3, 0.4) is 0 Å². The second kappa shape index (κ2) is 2.51. The van der Waals surface area contributed by atoms with Crippen molar-refractivity contribution in [1.82, 2.24) is 10.2 Å². The van der Waals surface area contributed by atoms with Crippen LogP contribution in [0.25, 0.3) is 0 Å². The van der Waals surface area contributed by atoms with Gasteiger partial charge >= 0.3 is 8.18 Å². The molecule has 0 saturated carbocycles. The van der Waals surface area contributed by atoms with Crippen molar-refractivity contribution in [3.63, 3.8) is 0 Å². The van der Waals surface area contributed by atoms with Gasteiger partial charge in [0.2, 0.25) is 0 Å². The Balaban J connectivity index is 2.35. The molecule has 1 atom stereocenters. The largest absolute Gasteiger partial charge is 0.577 e. The molecular formula is C3H7N2O2P. The molecule has 0 amide bonds. The number of hydrogen-bond donors (Lipinski definition) is 1. The molecule has 4 nitrogen and oxygen atoms in total. The van der Waals surface area contributed by atoms with E-state index in [-0.39, 0.29) is 0 Å². The number of nitrogens with one attached hydrogen (secondary N) is 1. The van der Waals surface area contributed by atoms with Crippen molar-refractivity contribution in [2.75, 3.05) is 13.1 Å². The van der Waals surface area contributed by atoms with E-state index in [4.69, 9.17) is 0 Å². The summed E-state index contributed by atoms with van der Waals surface area (Å²) in [7, 11) is -2.38. The molecule has 1 fully saturated rings. The van der Waals surface area contributed by atoms with Crippen molar-refractivity contribution in [3.8, 4) is 0 Å². The summed E-state index contributed by atoms with van der Waals surface area (Å²) in [6.45, 7) is 1.40. The van der Waals surface area contributed by atoms with Gasteiger partial charge in [-0.2, -0.15) is 0 Å². The molecule has 1 aliphatic heterocycles. The highest BCUT2D eigenvalue weighted by atomic mass is 31.1. The Labute approximate surface area is 48.4 Å². The van der Waals surface area contributed by atoms with Crippen LogP contribution in [-0.2, 0) is 4.57 Å². The lowest BCUT2D eigenvalue weighted by atomic mass is 10.5. The highest BCUT2D eigenvalue weighted by molar-refractivity contribution is 7.33. The minimum absolute atomic E-state index is 0.624. The molecule has 1 heterocycles. The summed E-state index contributed by atoms with van der Waals surface area (Å²) in [4.78, 5) is 10.1. The maximum Gasteiger partial charge on any atom is 0.426 e. The predicted octanol–water partition coefficient (Wildman–Crippen LogP) is -0.786. The van der Waals surface area contributed by atoms with Crippen LogP contribution in [0, 0.1) is 0 Å². The number of hydrogen-bond acceptors (Lipinski definition) is 3. The van der Waals surface area contributed by atoms with Crippen LogP contribution >= 0.6 is 8.18 Å². The van der Waals surface area contributed by atoms with Crippen LogP contribution in [0.5, 0.6) is 0 Å². The summed E-state index contributed by atoms with van der Waals surface area (Å²) >= 11 is 0. The number of hydrazine groups is 1. The van der Waals surface area contributed by atoms with E-state index in [9.17, 15) is 9.46 Å². The highest BCUT2D eigenvalue weighted by Gasteiger charge is 2.20. The first kappa shape index (κ1) is 6.11. The van der Waals surface area contributed by atoms with Crippen LogP contribution in [0.2, 0.25) is 0 Å². The third-order valence-corrected chi connectivity index (χ3v) is 1.77. The fraction of sp³-hybridized carbons (Fsp3) is 1.00. The Morgan fingerprint density at radius 3 is 2.75 bits per heavy atom. The second-order valence-corrected chi connectivity index (χ2v) is 2.58. The molecule has 0 aliphatic carbocycles. The molecule has 0 aromatic heterocycles. The third-order valence-electron chi connectivity index (χ3n) is 1.04. The van der Waals surface area contributed by atoms with Gasteiger partial charge in [-0.1, -0.05) is 4.57 Å². The van der Waals surface area contributed by atoms with E-state index in [1.54, 1.807) is 0 Å². The molecule has 0 radical (unpaired) electrons. The standard InChI is InChI=1S/C3H7N2O2P/c6-8(7)5-3-1-2-4-5/h4H,1-3H2. The Kier molecular flexibility index (Phi) is 1.91. The van der Waals surface area contributed by atoms with Gasteiger partial charge in [0, 0.05) is 6.54 Å². The fourth-order valence-electron chi connectivity index (χ4n) is 0.655.